The van der Waals surface area contributed by atoms with Gasteiger partial charge in [0, 0.05) is 51.3 Å². The average Bonchev–Trinajstić information content (AvgIpc) is 2.61. The molecule has 2 heterocycles. The van der Waals surface area contributed by atoms with E-state index >= 15 is 0 Å². The van der Waals surface area contributed by atoms with E-state index in [1.807, 2.05) is 0 Å². The summed E-state index contributed by atoms with van der Waals surface area (Å²) in [5.74, 6) is 6.62. The Kier molecular flexibility index (Phi) is 6.48. The number of nitrogens with zero attached hydrogens (tertiary/aromatic N) is 2. The van der Waals surface area contributed by atoms with Crippen molar-refractivity contribution >= 4 is 0 Å². The molecule has 3 rings (SSSR count). The first-order chi connectivity index (χ1) is 11.4. The lowest BCUT2D eigenvalue weighted by Crippen LogP contribution is -2.36. The van der Waals surface area contributed by atoms with Crippen LogP contribution in [-0.2, 0) is 16.0 Å². The van der Waals surface area contributed by atoms with Crippen molar-refractivity contribution in [3.63, 3.8) is 0 Å². The van der Waals surface area contributed by atoms with Crippen molar-refractivity contribution in [1.82, 2.24) is 9.80 Å². The lowest BCUT2D eigenvalue weighted by atomic mass is 10.1. The monoisotopic (exact) mass is 314 g/mol. The van der Waals surface area contributed by atoms with Crippen molar-refractivity contribution in [2.45, 2.75) is 13.0 Å². The van der Waals surface area contributed by atoms with Crippen LogP contribution in [0.3, 0.4) is 0 Å². The van der Waals surface area contributed by atoms with Crippen LogP contribution in [-0.4, -0.2) is 69.0 Å². The minimum atomic E-state index is 0.848. The van der Waals surface area contributed by atoms with Crippen LogP contribution in [0.4, 0.5) is 0 Å². The topological polar surface area (TPSA) is 24.9 Å². The Balaban J connectivity index is 1.48. The summed E-state index contributed by atoms with van der Waals surface area (Å²) in [7, 11) is 0. The maximum Gasteiger partial charge on any atom is 0.0594 e. The van der Waals surface area contributed by atoms with Gasteiger partial charge in [0.1, 0.15) is 0 Å². The summed E-state index contributed by atoms with van der Waals surface area (Å²) in [6.45, 7) is 9.57. The minimum Gasteiger partial charge on any atom is -0.379 e. The fourth-order valence-electron chi connectivity index (χ4n) is 2.97. The van der Waals surface area contributed by atoms with Gasteiger partial charge in [-0.15, -0.1) is 0 Å². The molecular formula is C19H26N2O2. The largest absolute Gasteiger partial charge is 0.379 e. The van der Waals surface area contributed by atoms with Crippen LogP contribution in [0.1, 0.15) is 17.5 Å². The highest BCUT2D eigenvalue weighted by Crippen LogP contribution is 2.09. The minimum absolute atomic E-state index is 0.848. The van der Waals surface area contributed by atoms with E-state index < -0.39 is 0 Å². The third-order valence-electron chi connectivity index (χ3n) is 4.33. The van der Waals surface area contributed by atoms with E-state index in [1.54, 1.807) is 0 Å². The number of hydrogen-bond donors (Lipinski definition) is 0. The van der Waals surface area contributed by atoms with E-state index in [-0.39, 0.29) is 0 Å². The second-order valence-corrected chi connectivity index (χ2v) is 6.09. The first-order valence-electron chi connectivity index (χ1n) is 8.58. The van der Waals surface area contributed by atoms with Crippen LogP contribution in [0.2, 0.25) is 0 Å². The molecule has 4 heteroatoms. The van der Waals surface area contributed by atoms with Gasteiger partial charge in [0.05, 0.1) is 26.4 Å². The Morgan fingerprint density at radius 2 is 1.61 bits per heavy atom. The molecular weight excluding hydrogens is 288 g/mol. The molecule has 0 atom stereocenters. The third kappa shape index (κ3) is 5.63. The predicted molar refractivity (Wildman–Crippen MR) is 91.3 cm³/mol. The van der Waals surface area contributed by atoms with Gasteiger partial charge in [-0.2, -0.15) is 0 Å². The van der Waals surface area contributed by atoms with Crippen molar-refractivity contribution in [1.29, 1.82) is 0 Å². The third-order valence-corrected chi connectivity index (χ3v) is 4.33. The molecule has 1 aromatic rings. The molecule has 1 aromatic carbocycles. The smallest absolute Gasteiger partial charge is 0.0594 e. The second kappa shape index (κ2) is 9.05. The summed E-state index contributed by atoms with van der Waals surface area (Å²) in [5.41, 5.74) is 2.46. The first kappa shape index (κ1) is 16.5. The molecule has 0 bridgehead atoms. The molecule has 2 fully saturated rings. The van der Waals surface area contributed by atoms with Crippen molar-refractivity contribution in [2.75, 3.05) is 59.2 Å². The summed E-state index contributed by atoms with van der Waals surface area (Å²) >= 11 is 0. The van der Waals surface area contributed by atoms with E-state index in [0.29, 0.717) is 0 Å². The zero-order valence-corrected chi connectivity index (χ0v) is 13.8. The molecule has 0 amide bonds. The Bertz CT molecular complexity index is 538. The quantitative estimate of drug-likeness (QED) is 0.788. The van der Waals surface area contributed by atoms with Gasteiger partial charge in [-0.05, 0) is 17.7 Å². The summed E-state index contributed by atoms with van der Waals surface area (Å²) in [4.78, 5) is 4.86. The normalized spacial score (nSPS) is 20.0. The Morgan fingerprint density at radius 3 is 2.35 bits per heavy atom. The highest BCUT2D eigenvalue weighted by molar-refractivity contribution is 5.37. The lowest BCUT2D eigenvalue weighted by Gasteiger charge is -2.26. The fourth-order valence-corrected chi connectivity index (χ4v) is 2.97. The van der Waals surface area contributed by atoms with E-state index in [0.717, 1.165) is 77.7 Å². The predicted octanol–water partition coefficient (Wildman–Crippen LogP) is 1.59. The van der Waals surface area contributed by atoms with E-state index in [9.17, 15) is 0 Å². The fraction of sp³-hybridized carbons (Fsp3) is 0.579. The SMILES string of the molecule is C(#Cc1cccc(CN2CCOCC2)c1)CCN1CCOCC1. The van der Waals surface area contributed by atoms with Crippen LogP contribution < -0.4 is 0 Å². The van der Waals surface area contributed by atoms with Crippen molar-refractivity contribution < 1.29 is 9.47 Å². The van der Waals surface area contributed by atoms with E-state index in [4.69, 9.17) is 9.47 Å². The maximum absolute atomic E-state index is 5.40. The van der Waals surface area contributed by atoms with Gasteiger partial charge in [0.25, 0.3) is 0 Å². The summed E-state index contributed by atoms with van der Waals surface area (Å²) in [5, 5.41) is 0. The number of hydrogen-bond acceptors (Lipinski definition) is 4. The Labute approximate surface area is 139 Å². The Morgan fingerprint density at radius 1 is 0.913 bits per heavy atom. The molecule has 4 nitrogen and oxygen atoms in total. The standard InChI is InChI=1S/C19H26N2O2/c1(2-7-20-8-12-22-13-9-20)4-18-5-3-6-19(16-18)17-21-10-14-23-15-11-21/h3,5-6,16H,2,7-15,17H2. The van der Waals surface area contributed by atoms with Gasteiger partial charge in [0.15, 0.2) is 0 Å². The molecule has 2 saturated heterocycles. The summed E-state index contributed by atoms with van der Waals surface area (Å²) in [6, 6.07) is 8.62. The van der Waals surface area contributed by atoms with Crippen LogP contribution in [0.25, 0.3) is 0 Å². The van der Waals surface area contributed by atoms with Gasteiger partial charge in [-0.25, -0.2) is 0 Å². The molecule has 0 unspecified atom stereocenters. The molecule has 2 aliphatic heterocycles. The number of rotatable bonds is 4. The summed E-state index contributed by atoms with van der Waals surface area (Å²) < 4.78 is 10.8. The first-order valence-corrected chi connectivity index (χ1v) is 8.58. The molecule has 2 aliphatic rings. The number of benzene rings is 1. The molecule has 0 spiro atoms. The van der Waals surface area contributed by atoms with Crippen LogP contribution in [0.15, 0.2) is 24.3 Å². The second-order valence-electron chi connectivity index (χ2n) is 6.09. The highest BCUT2D eigenvalue weighted by atomic mass is 16.5. The van der Waals surface area contributed by atoms with Gasteiger partial charge >= 0.3 is 0 Å². The zero-order chi connectivity index (χ0) is 15.7. The van der Waals surface area contributed by atoms with Gasteiger partial charge < -0.3 is 9.47 Å². The lowest BCUT2D eigenvalue weighted by molar-refractivity contribution is 0.0342. The van der Waals surface area contributed by atoms with Crippen molar-refractivity contribution in [3.05, 3.63) is 35.4 Å². The average molecular weight is 314 g/mol. The van der Waals surface area contributed by atoms with Gasteiger partial charge in [-0.3, -0.25) is 9.80 Å². The molecule has 0 radical (unpaired) electrons. The zero-order valence-electron chi connectivity index (χ0n) is 13.8. The van der Waals surface area contributed by atoms with Crippen LogP contribution in [0, 0.1) is 11.8 Å². The van der Waals surface area contributed by atoms with Crippen LogP contribution in [0.5, 0.6) is 0 Å². The molecule has 0 N–H and O–H groups in total. The summed E-state index contributed by atoms with van der Waals surface area (Å²) in [6.07, 6.45) is 0.924. The van der Waals surface area contributed by atoms with E-state index in [1.165, 1.54) is 5.56 Å². The molecule has 23 heavy (non-hydrogen) atoms. The molecule has 0 aromatic heterocycles. The van der Waals surface area contributed by atoms with Crippen molar-refractivity contribution in [3.8, 4) is 11.8 Å². The number of morpholine rings is 2. The van der Waals surface area contributed by atoms with Crippen molar-refractivity contribution in [2.24, 2.45) is 0 Å². The van der Waals surface area contributed by atoms with E-state index in [2.05, 4.69) is 45.9 Å². The van der Waals surface area contributed by atoms with Gasteiger partial charge in [0.2, 0.25) is 0 Å². The molecule has 124 valence electrons. The maximum atomic E-state index is 5.40. The molecule has 0 saturated carbocycles. The number of ether oxygens (including phenoxy) is 2. The van der Waals surface area contributed by atoms with Gasteiger partial charge in [-0.1, -0.05) is 24.0 Å². The molecule has 0 aliphatic carbocycles. The highest BCUT2D eigenvalue weighted by Gasteiger charge is 2.10. The van der Waals surface area contributed by atoms with Crippen LogP contribution >= 0.6 is 0 Å². The Hall–Kier alpha value is -1.38.